The molecule has 0 saturated heterocycles. The summed E-state index contributed by atoms with van der Waals surface area (Å²) >= 11 is 0. The normalized spacial score (nSPS) is 10.8. The van der Waals surface area contributed by atoms with Gasteiger partial charge in [0.15, 0.2) is 5.78 Å². The molecular weight excluding hydrogens is 348 g/mol. The molecule has 0 saturated carbocycles. The van der Waals surface area contributed by atoms with Crippen LogP contribution in [0.25, 0.3) is 0 Å². The van der Waals surface area contributed by atoms with Crippen LogP contribution in [0.4, 0.5) is 23.1 Å². The molecule has 0 spiro atoms. The third kappa shape index (κ3) is 4.55. The van der Waals surface area contributed by atoms with E-state index >= 15 is 0 Å². The van der Waals surface area contributed by atoms with Crippen molar-refractivity contribution >= 4 is 28.9 Å². The van der Waals surface area contributed by atoms with Crippen molar-refractivity contribution in [1.82, 2.24) is 9.97 Å². The Morgan fingerprint density at radius 3 is 2.43 bits per heavy atom. The van der Waals surface area contributed by atoms with Crippen LogP contribution < -0.4 is 10.6 Å². The highest BCUT2D eigenvalue weighted by molar-refractivity contribution is 5.95. The number of benzene rings is 2. The van der Waals surface area contributed by atoms with Gasteiger partial charge in [0, 0.05) is 28.7 Å². The summed E-state index contributed by atoms with van der Waals surface area (Å²) in [5.74, 6) is 1.64. The third-order valence-corrected chi connectivity index (χ3v) is 4.56. The number of carbonyl (C=O) groups is 1. The first-order valence-electron chi connectivity index (χ1n) is 9.43. The van der Waals surface area contributed by atoms with E-state index in [0.29, 0.717) is 23.2 Å². The molecular formula is C23H26N4O. The number of aromatic nitrogens is 2. The van der Waals surface area contributed by atoms with Crippen molar-refractivity contribution in [1.29, 1.82) is 0 Å². The van der Waals surface area contributed by atoms with Crippen molar-refractivity contribution < 1.29 is 4.79 Å². The molecule has 5 heteroatoms. The lowest BCUT2D eigenvalue weighted by Crippen LogP contribution is -2.06. The van der Waals surface area contributed by atoms with Gasteiger partial charge in [0.05, 0.1) is 0 Å². The Bertz CT molecular complexity index is 1010. The molecule has 0 atom stereocenters. The topological polar surface area (TPSA) is 66.9 Å². The molecule has 0 aliphatic rings. The summed E-state index contributed by atoms with van der Waals surface area (Å²) in [6, 6.07) is 15.6. The van der Waals surface area contributed by atoms with Crippen molar-refractivity contribution in [3.63, 3.8) is 0 Å². The molecule has 1 heterocycles. The average molecular weight is 374 g/mol. The van der Waals surface area contributed by atoms with Crippen LogP contribution in [0.1, 0.15) is 53.9 Å². The smallest absolute Gasteiger partial charge is 0.229 e. The molecule has 2 aromatic carbocycles. The standard InChI is InChI=1S/C23H26N4O/c1-14(2)20-11-6-8-15(3)22(20)27-23-24-16(4)12-21(26-23)25-19-10-7-9-18(13-19)17(5)28/h6-14H,1-5H3,(H2,24,25,26,27). The van der Waals surface area contributed by atoms with Gasteiger partial charge >= 0.3 is 0 Å². The largest absolute Gasteiger partial charge is 0.340 e. The molecule has 144 valence electrons. The number of para-hydroxylation sites is 1. The van der Waals surface area contributed by atoms with Crippen molar-refractivity contribution in [2.45, 2.75) is 40.5 Å². The Hall–Kier alpha value is -3.21. The number of anilines is 4. The Balaban J connectivity index is 1.91. The molecule has 5 nitrogen and oxygen atoms in total. The summed E-state index contributed by atoms with van der Waals surface area (Å²) < 4.78 is 0. The third-order valence-electron chi connectivity index (χ3n) is 4.56. The van der Waals surface area contributed by atoms with Crippen LogP contribution in [-0.2, 0) is 0 Å². The highest BCUT2D eigenvalue weighted by Crippen LogP contribution is 2.30. The number of hydrogen-bond donors (Lipinski definition) is 2. The number of rotatable bonds is 6. The van der Waals surface area contributed by atoms with E-state index in [1.54, 1.807) is 13.0 Å². The van der Waals surface area contributed by atoms with Crippen LogP contribution in [0.5, 0.6) is 0 Å². The lowest BCUT2D eigenvalue weighted by atomic mass is 9.98. The lowest BCUT2D eigenvalue weighted by Gasteiger charge is -2.17. The van der Waals surface area contributed by atoms with E-state index in [2.05, 4.69) is 59.6 Å². The Morgan fingerprint density at radius 2 is 1.71 bits per heavy atom. The molecule has 1 aromatic heterocycles. The number of nitrogens with zero attached hydrogens (tertiary/aromatic N) is 2. The zero-order valence-corrected chi connectivity index (χ0v) is 17.0. The van der Waals surface area contributed by atoms with E-state index in [1.807, 2.05) is 31.2 Å². The van der Waals surface area contributed by atoms with E-state index in [1.165, 1.54) is 5.56 Å². The van der Waals surface area contributed by atoms with E-state index in [-0.39, 0.29) is 5.78 Å². The number of hydrogen-bond acceptors (Lipinski definition) is 5. The van der Waals surface area contributed by atoms with Gasteiger partial charge in [-0.05, 0) is 49.9 Å². The molecule has 0 amide bonds. The van der Waals surface area contributed by atoms with Crippen molar-refractivity contribution in [2.75, 3.05) is 10.6 Å². The summed E-state index contributed by atoms with van der Waals surface area (Å²) in [6.07, 6.45) is 0. The summed E-state index contributed by atoms with van der Waals surface area (Å²) in [6.45, 7) is 9.92. The van der Waals surface area contributed by atoms with E-state index in [9.17, 15) is 4.79 Å². The summed E-state index contributed by atoms with van der Waals surface area (Å²) in [7, 11) is 0. The molecule has 28 heavy (non-hydrogen) atoms. The lowest BCUT2D eigenvalue weighted by molar-refractivity contribution is 0.101. The van der Waals surface area contributed by atoms with Gasteiger partial charge in [-0.2, -0.15) is 4.98 Å². The fraction of sp³-hybridized carbons (Fsp3) is 0.261. The molecule has 2 N–H and O–H groups in total. The molecule has 0 unspecified atom stereocenters. The minimum absolute atomic E-state index is 0.0330. The molecule has 0 radical (unpaired) electrons. The van der Waals surface area contributed by atoms with Crippen molar-refractivity contribution in [3.8, 4) is 0 Å². The number of carbonyl (C=O) groups excluding carboxylic acids is 1. The fourth-order valence-corrected chi connectivity index (χ4v) is 3.11. The van der Waals surface area contributed by atoms with Gasteiger partial charge in [0.1, 0.15) is 5.82 Å². The van der Waals surface area contributed by atoms with Gasteiger partial charge in [0.25, 0.3) is 0 Å². The SMILES string of the molecule is CC(=O)c1cccc(Nc2cc(C)nc(Nc3c(C)cccc3C(C)C)n2)c1. The molecule has 0 bridgehead atoms. The summed E-state index contributed by atoms with van der Waals surface area (Å²) in [5, 5.41) is 6.68. The van der Waals surface area contributed by atoms with Crippen LogP contribution in [0, 0.1) is 13.8 Å². The quantitative estimate of drug-likeness (QED) is 0.525. The average Bonchev–Trinajstić information content (AvgIpc) is 2.63. The predicted molar refractivity (Wildman–Crippen MR) is 115 cm³/mol. The van der Waals surface area contributed by atoms with Gasteiger partial charge in [-0.25, -0.2) is 4.98 Å². The number of nitrogens with one attached hydrogen (secondary N) is 2. The summed E-state index contributed by atoms with van der Waals surface area (Å²) in [5.41, 5.74) is 5.76. The first kappa shape index (κ1) is 19.5. The van der Waals surface area contributed by atoms with Gasteiger partial charge in [-0.15, -0.1) is 0 Å². The first-order chi connectivity index (χ1) is 13.3. The molecule has 3 rings (SSSR count). The highest BCUT2D eigenvalue weighted by Gasteiger charge is 2.12. The van der Waals surface area contributed by atoms with Crippen LogP contribution in [0.3, 0.4) is 0 Å². The number of ketones is 1. The van der Waals surface area contributed by atoms with Crippen molar-refractivity contribution in [2.24, 2.45) is 0 Å². The number of aryl methyl sites for hydroxylation is 2. The highest BCUT2D eigenvalue weighted by atomic mass is 16.1. The monoisotopic (exact) mass is 374 g/mol. The van der Waals surface area contributed by atoms with E-state index in [0.717, 1.165) is 22.6 Å². The molecule has 0 fully saturated rings. The molecule has 0 aliphatic carbocycles. The van der Waals surface area contributed by atoms with Gasteiger partial charge in [-0.1, -0.05) is 44.2 Å². The Kier molecular flexibility index (Phi) is 5.73. The Labute approximate surface area is 166 Å². The molecule has 0 aliphatic heterocycles. The van der Waals surface area contributed by atoms with Gasteiger partial charge in [0.2, 0.25) is 5.95 Å². The van der Waals surface area contributed by atoms with Crippen LogP contribution in [0.2, 0.25) is 0 Å². The second-order valence-corrected chi connectivity index (χ2v) is 7.30. The maximum absolute atomic E-state index is 11.6. The fourth-order valence-electron chi connectivity index (χ4n) is 3.11. The minimum Gasteiger partial charge on any atom is -0.340 e. The maximum atomic E-state index is 11.6. The van der Waals surface area contributed by atoms with Crippen molar-refractivity contribution in [3.05, 3.63) is 70.9 Å². The minimum atomic E-state index is 0.0330. The van der Waals surface area contributed by atoms with Gasteiger partial charge < -0.3 is 10.6 Å². The van der Waals surface area contributed by atoms with E-state index in [4.69, 9.17) is 0 Å². The maximum Gasteiger partial charge on any atom is 0.229 e. The zero-order chi connectivity index (χ0) is 20.3. The Morgan fingerprint density at radius 1 is 0.964 bits per heavy atom. The van der Waals surface area contributed by atoms with Crippen LogP contribution >= 0.6 is 0 Å². The number of Topliss-reactive ketones (excluding diaryl/α,β-unsaturated/α-hetero) is 1. The second kappa shape index (κ2) is 8.21. The first-order valence-corrected chi connectivity index (χ1v) is 9.43. The summed E-state index contributed by atoms with van der Waals surface area (Å²) in [4.78, 5) is 20.8. The van der Waals surface area contributed by atoms with Crippen LogP contribution in [-0.4, -0.2) is 15.8 Å². The second-order valence-electron chi connectivity index (χ2n) is 7.30. The van der Waals surface area contributed by atoms with E-state index < -0.39 is 0 Å². The van der Waals surface area contributed by atoms with Crippen LogP contribution in [0.15, 0.2) is 48.5 Å². The zero-order valence-electron chi connectivity index (χ0n) is 17.0. The predicted octanol–water partition coefficient (Wildman–Crippen LogP) is 5.91. The molecule has 3 aromatic rings. The van der Waals surface area contributed by atoms with Gasteiger partial charge in [-0.3, -0.25) is 4.79 Å².